The van der Waals surface area contributed by atoms with E-state index in [2.05, 4.69) is 21.2 Å². The SMILES string of the molecule is NC1CC(Cl)C2SC(C3CC=NN3C3CCCCO3)=CC2=N1. The molecule has 7 heteroatoms. The second-order valence-electron chi connectivity index (χ2n) is 6.21. The van der Waals surface area contributed by atoms with Crippen LogP contribution in [0.3, 0.4) is 0 Å². The lowest BCUT2D eigenvalue weighted by Gasteiger charge is -2.34. The van der Waals surface area contributed by atoms with E-state index in [9.17, 15) is 0 Å². The number of halogens is 1. The van der Waals surface area contributed by atoms with Crippen LogP contribution < -0.4 is 5.73 Å². The molecule has 0 saturated carbocycles. The minimum atomic E-state index is -0.164. The molecule has 0 aliphatic carbocycles. The van der Waals surface area contributed by atoms with E-state index in [1.54, 1.807) is 0 Å². The van der Waals surface area contributed by atoms with Gasteiger partial charge in [-0.15, -0.1) is 23.4 Å². The number of fused-ring (bicyclic) bond motifs is 1. The summed E-state index contributed by atoms with van der Waals surface area (Å²) in [7, 11) is 0. The van der Waals surface area contributed by atoms with Crippen molar-refractivity contribution in [2.45, 2.75) is 61.2 Å². The van der Waals surface area contributed by atoms with Crippen LogP contribution in [0.15, 0.2) is 21.1 Å². The van der Waals surface area contributed by atoms with Crippen molar-refractivity contribution < 1.29 is 4.74 Å². The minimum absolute atomic E-state index is 0.0583. The predicted molar refractivity (Wildman–Crippen MR) is 91.5 cm³/mol. The van der Waals surface area contributed by atoms with Crippen molar-refractivity contribution in [3.05, 3.63) is 11.0 Å². The summed E-state index contributed by atoms with van der Waals surface area (Å²) in [5.41, 5.74) is 7.01. The first-order valence-electron chi connectivity index (χ1n) is 8.00. The molecule has 0 bridgehead atoms. The van der Waals surface area contributed by atoms with Gasteiger partial charge < -0.3 is 10.5 Å². The molecular weight excluding hydrogens is 320 g/mol. The molecular formula is C15H21ClN4OS. The normalized spacial score (nSPS) is 41.4. The molecule has 5 unspecified atom stereocenters. The second kappa shape index (κ2) is 6.15. The van der Waals surface area contributed by atoms with Gasteiger partial charge in [0.05, 0.1) is 28.5 Å². The number of thioether (sulfide) groups is 1. The highest BCUT2D eigenvalue weighted by atomic mass is 35.5. The fourth-order valence-electron chi connectivity index (χ4n) is 3.50. The van der Waals surface area contributed by atoms with Gasteiger partial charge in [0.25, 0.3) is 0 Å². The van der Waals surface area contributed by atoms with Crippen LogP contribution in [0.5, 0.6) is 0 Å². The lowest BCUT2D eigenvalue weighted by atomic mass is 10.0. The zero-order valence-electron chi connectivity index (χ0n) is 12.4. The summed E-state index contributed by atoms with van der Waals surface area (Å²) in [6, 6.07) is 0.265. The van der Waals surface area contributed by atoms with Crippen molar-refractivity contribution in [1.82, 2.24) is 5.01 Å². The maximum absolute atomic E-state index is 6.49. The largest absolute Gasteiger partial charge is 0.357 e. The summed E-state index contributed by atoms with van der Waals surface area (Å²) in [5, 5.41) is 7.01. The zero-order valence-corrected chi connectivity index (χ0v) is 14.0. The van der Waals surface area contributed by atoms with Gasteiger partial charge in [0.2, 0.25) is 0 Å². The highest BCUT2D eigenvalue weighted by Crippen LogP contribution is 2.43. The Kier molecular flexibility index (Phi) is 4.19. The van der Waals surface area contributed by atoms with E-state index in [-0.39, 0.29) is 29.1 Å². The van der Waals surface area contributed by atoms with Crippen LogP contribution in [0.25, 0.3) is 0 Å². The number of nitrogens with two attached hydrogens (primary N) is 1. The smallest absolute Gasteiger partial charge is 0.146 e. The van der Waals surface area contributed by atoms with Crippen molar-refractivity contribution >= 4 is 35.3 Å². The first-order valence-corrected chi connectivity index (χ1v) is 9.32. The summed E-state index contributed by atoms with van der Waals surface area (Å²) in [5.74, 6) is 0. The number of hydrazone groups is 1. The third-order valence-electron chi connectivity index (χ3n) is 4.60. The molecule has 4 aliphatic heterocycles. The monoisotopic (exact) mass is 340 g/mol. The Morgan fingerprint density at radius 1 is 1.41 bits per heavy atom. The van der Waals surface area contributed by atoms with Crippen LogP contribution in [0.2, 0.25) is 0 Å². The van der Waals surface area contributed by atoms with Crippen LogP contribution in [0, 0.1) is 0 Å². The van der Waals surface area contributed by atoms with Gasteiger partial charge in [-0.05, 0) is 25.3 Å². The molecule has 0 aromatic heterocycles. The first kappa shape index (κ1) is 15.0. The maximum Gasteiger partial charge on any atom is 0.146 e. The molecule has 4 heterocycles. The summed E-state index contributed by atoms with van der Waals surface area (Å²) >= 11 is 8.32. The van der Waals surface area contributed by atoms with E-state index >= 15 is 0 Å². The third kappa shape index (κ3) is 2.70. The number of hydrogen-bond donors (Lipinski definition) is 1. The Morgan fingerprint density at radius 3 is 3.14 bits per heavy atom. The van der Waals surface area contributed by atoms with Gasteiger partial charge in [0.1, 0.15) is 6.23 Å². The summed E-state index contributed by atoms with van der Waals surface area (Å²) in [6.07, 6.45) is 9.22. The van der Waals surface area contributed by atoms with Crippen LogP contribution >= 0.6 is 23.4 Å². The number of ether oxygens (including phenoxy) is 1. The van der Waals surface area contributed by atoms with Crippen molar-refractivity contribution in [1.29, 1.82) is 0 Å². The van der Waals surface area contributed by atoms with Crippen molar-refractivity contribution in [3.63, 3.8) is 0 Å². The quantitative estimate of drug-likeness (QED) is 0.783. The highest BCUT2D eigenvalue weighted by Gasteiger charge is 2.40. The molecule has 0 aromatic rings. The summed E-state index contributed by atoms with van der Waals surface area (Å²) < 4.78 is 5.91. The average Bonchev–Trinajstić information content (AvgIpc) is 3.13. The Labute approximate surface area is 140 Å². The van der Waals surface area contributed by atoms with Gasteiger partial charge >= 0.3 is 0 Å². The van der Waals surface area contributed by atoms with Crippen LogP contribution in [0.1, 0.15) is 32.1 Å². The molecule has 5 nitrogen and oxygen atoms in total. The number of nitrogens with zero attached hydrogens (tertiary/aromatic N) is 3. The predicted octanol–water partition coefficient (Wildman–Crippen LogP) is 2.31. The molecule has 5 atom stereocenters. The van der Waals surface area contributed by atoms with Crippen LogP contribution in [-0.2, 0) is 4.74 Å². The van der Waals surface area contributed by atoms with Crippen LogP contribution in [0.4, 0.5) is 0 Å². The number of allylic oxidation sites excluding steroid dienone is 1. The van der Waals surface area contributed by atoms with Gasteiger partial charge in [0, 0.05) is 30.6 Å². The number of aliphatic imine (C=N–C) groups is 1. The molecule has 1 fully saturated rings. The summed E-state index contributed by atoms with van der Waals surface area (Å²) in [4.78, 5) is 5.88. The van der Waals surface area contributed by atoms with E-state index < -0.39 is 0 Å². The van der Waals surface area contributed by atoms with E-state index in [0.29, 0.717) is 0 Å². The molecule has 1 saturated heterocycles. The van der Waals surface area contributed by atoms with Crippen molar-refractivity contribution in [3.8, 4) is 0 Å². The fraction of sp³-hybridized carbons (Fsp3) is 0.733. The van der Waals surface area contributed by atoms with E-state index in [1.165, 1.54) is 11.3 Å². The number of alkyl halides is 1. The van der Waals surface area contributed by atoms with Gasteiger partial charge in [-0.1, -0.05) is 0 Å². The molecule has 0 spiro atoms. The molecule has 120 valence electrons. The molecule has 22 heavy (non-hydrogen) atoms. The van der Waals surface area contributed by atoms with Gasteiger partial charge in [-0.2, -0.15) is 5.10 Å². The number of rotatable bonds is 2. The lowest BCUT2D eigenvalue weighted by Crippen LogP contribution is -2.40. The number of hydrogen-bond acceptors (Lipinski definition) is 6. The molecule has 0 aromatic carbocycles. The minimum Gasteiger partial charge on any atom is -0.357 e. The Balaban J connectivity index is 1.52. The molecule has 2 N–H and O–H groups in total. The van der Waals surface area contributed by atoms with Crippen LogP contribution in [-0.4, -0.2) is 52.6 Å². The maximum atomic E-state index is 6.49. The Bertz CT molecular complexity index is 532. The third-order valence-corrected chi connectivity index (χ3v) is 6.66. The standard InChI is InChI=1S/C15H21ClN4OS/c16-9-7-13(17)19-10-8-12(22-15(9)10)11-4-5-18-20(11)14-3-1-2-6-21-14/h5,8-9,11,13-15H,1-4,6-7,17H2. The molecule has 0 radical (unpaired) electrons. The fourth-order valence-corrected chi connectivity index (χ4v) is 5.31. The lowest BCUT2D eigenvalue weighted by molar-refractivity contribution is -0.0909. The molecule has 4 rings (SSSR count). The second-order valence-corrected chi connectivity index (χ2v) is 7.98. The molecule has 0 amide bonds. The Hall–Kier alpha value is -0.560. The van der Waals surface area contributed by atoms with Crippen molar-refractivity contribution in [2.75, 3.05) is 6.61 Å². The van der Waals surface area contributed by atoms with E-state index in [1.807, 2.05) is 18.0 Å². The first-order chi connectivity index (χ1) is 10.7. The van der Waals surface area contributed by atoms with Gasteiger partial charge in [-0.25, -0.2) is 0 Å². The van der Waals surface area contributed by atoms with Crippen molar-refractivity contribution in [2.24, 2.45) is 15.8 Å². The zero-order chi connectivity index (χ0) is 15.1. The summed E-state index contributed by atoms with van der Waals surface area (Å²) in [6.45, 7) is 0.837. The van der Waals surface area contributed by atoms with E-state index in [0.717, 1.165) is 38.0 Å². The van der Waals surface area contributed by atoms with Gasteiger partial charge in [0.15, 0.2) is 0 Å². The molecule has 4 aliphatic rings. The van der Waals surface area contributed by atoms with Gasteiger partial charge in [-0.3, -0.25) is 10.0 Å². The Morgan fingerprint density at radius 2 is 2.32 bits per heavy atom. The average molecular weight is 341 g/mol. The van der Waals surface area contributed by atoms with E-state index in [4.69, 9.17) is 22.1 Å². The highest BCUT2D eigenvalue weighted by molar-refractivity contribution is 8.05. The topological polar surface area (TPSA) is 63.2 Å².